The van der Waals surface area contributed by atoms with Crippen LogP contribution < -0.4 is 19.5 Å². The maximum Gasteiger partial charge on any atom is 0.387 e. The number of aromatic nitrogens is 1. The Morgan fingerprint density at radius 3 is 2.50 bits per heavy atom. The average Bonchev–Trinajstić information content (AvgIpc) is 3.10. The van der Waals surface area contributed by atoms with E-state index in [2.05, 4.69) is 9.72 Å². The number of thiophene rings is 1. The van der Waals surface area contributed by atoms with Gasteiger partial charge >= 0.3 is 6.61 Å². The van der Waals surface area contributed by atoms with Gasteiger partial charge in [-0.3, -0.25) is 9.59 Å². The van der Waals surface area contributed by atoms with Crippen LogP contribution >= 0.6 is 11.3 Å². The van der Waals surface area contributed by atoms with Crippen LogP contribution in [0, 0.1) is 0 Å². The lowest BCUT2D eigenvalue weighted by molar-refractivity contribution is -0.132. The number of amides is 2. The number of rotatable bonds is 8. The molecule has 2 aromatic heterocycles. The third-order valence-electron chi connectivity index (χ3n) is 3.55. The van der Waals surface area contributed by atoms with E-state index in [1.165, 1.54) is 11.4 Å². The molecular formula is C16H17F2N3O7S2. The van der Waals surface area contributed by atoms with Crippen molar-refractivity contribution in [2.45, 2.75) is 31.0 Å². The van der Waals surface area contributed by atoms with E-state index in [9.17, 15) is 31.9 Å². The minimum Gasteiger partial charge on any atom is -0.481 e. The highest BCUT2D eigenvalue weighted by molar-refractivity contribution is 7.94. The van der Waals surface area contributed by atoms with Crippen LogP contribution in [0.15, 0.2) is 28.6 Å². The van der Waals surface area contributed by atoms with E-state index >= 15 is 0 Å². The van der Waals surface area contributed by atoms with Crippen LogP contribution in [0.25, 0.3) is 0 Å². The first-order chi connectivity index (χ1) is 13.8. The number of carbonyl (C=O) groups is 2. The smallest absolute Gasteiger partial charge is 0.387 e. The van der Waals surface area contributed by atoms with Gasteiger partial charge in [0.05, 0.1) is 18.9 Å². The fourth-order valence-electron chi connectivity index (χ4n) is 2.21. The lowest BCUT2D eigenvalue weighted by atomic mass is 10.1. The maximum absolute atomic E-state index is 13.4. The SMILES string of the molecule is COc1cc(S(=O)(=O)N(C(=O)C(C)(C)O)c2sccc2C(N)=O)c(OC(F)F)cn1. The fourth-order valence-corrected chi connectivity index (χ4v) is 5.00. The molecule has 0 aliphatic rings. The highest BCUT2D eigenvalue weighted by atomic mass is 32.2. The summed E-state index contributed by atoms with van der Waals surface area (Å²) in [5.41, 5.74) is 2.68. The average molecular weight is 465 g/mol. The number of anilines is 1. The molecule has 2 heterocycles. The molecule has 0 aliphatic carbocycles. The topological polar surface area (TPSA) is 149 Å². The molecule has 30 heavy (non-hydrogen) atoms. The quantitative estimate of drug-likeness (QED) is 0.593. The van der Waals surface area contributed by atoms with Gasteiger partial charge in [-0.1, -0.05) is 0 Å². The Labute approximate surface area is 173 Å². The van der Waals surface area contributed by atoms with E-state index in [1.54, 1.807) is 0 Å². The van der Waals surface area contributed by atoms with Crippen molar-refractivity contribution in [1.82, 2.24) is 4.98 Å². The summed E-state index contributed by atoms with van der Waals surface area (Å²) in [6.45, 7) is -1.38. The third-order valence-corrected chi connectivity index (χ3v) is 6.27. The maximum atomic E-state index is 13.4. The Kier molecular flexibility index (Phi) is 6.63. The van der Waals surface area contributed by atoms with Crippen molar-refractivity contribution in [1.29, 1.82) is 0 Å². The molecule has 14 heteroatoms. The van der Waals surface area contributed by atoms with Gasteiger partial charge in [-0.2, -0.15) is 13.1 Å². The van der Waals surface area contributed by atoms with Crippen LogP contribution in [0.2, 0.25) is 0 Å². The van der Waals surface area contributed by atoms with Gasteiger partial charge in [0.2, 0.25) is 5.88 Å². The number of halogens is 2. The van der Waals surface area contributed by atoms with E-state index in [0.717, 1.165) is 27.0 Å². The molecule has 0 atom stereocenters. The zero-order chi connectivity index (χ0) is 22.9. The first-order valence-corrected chi connectivity index (χ1v) is 10.3. The zero-order valence-electron chi connectivity index (χ0n) is 15.8. The summed E-state index contributed by atoms with van der Waals surface area (Å²) >= 11 is 0.660. The summed E-state index contributed by atoms with van der Waals surface area (Å²) in [5, 5.41) is 11.0. The predicted octanol–water partition coefficient (Wildman–Crippen LogP) is 1.34. The standard InChI is InChI=1S/C16H17F2N3O7S2/c1-16(2,24)14(23)21(13-8(12(19)22)4-5-29-13)30(25,26)10-6-11(27-3)20-7-9(10)28-15(17)18/h4-7,15,24H,1-3H3,(H2,19,22). The predicted molar refractivity (Wildman–Crippen MR) is 101 cm³/mol. The van der Waals surface area contributed by atoms with Crippen LogP contribution in [0.3, 0.4) is 0 Å². The molecule has 2 rings (SSSR count). The van der Waals surface area contributed by atoms with E-state index in [4.69, 9.17) is 10.5 Å². The zero-order valence-corrected chi connectivity index (χ0v) is 17.5. The lowest BCUT2D eigenvalue weighted by Gasteiger charge is -2.28. The Balaban J connectivity index is 2.82. The molecular weight excluding hydrogens is 448 g/mol. The van der Waals surface area contributed by atoms with Crippen LogP contribution in [0.4, 0.5) is 13.8 Å². The van der Waals surface area contributed by atoms with E-state index < -0.39 is 49.7 Å². The van der Waals surface area contributed by atoms with Crippen molar-refractivity contribution in [3.05, 3.63) is 29.3 Å². The number of hydrogen-bond acceptors (Lipinski definition) is 9. The third kappa shape index (κ3) is 4.66. The van der Waals surface area contributed by atoms with Crippen LogP contribution in [-0.4, -0.2) is 49.6 Å². The van der Waals surface area contributed by atoms with Crippen molar-refractivity contribution >= 4 is 38.2 Å². The van der Waals surface area contributed by atoms with Crippen molar-refractivity contribution in [3.8, 4) is 11.6 Å². The molecule has 10 nitrogen and oxygen atoms in total. The lowest BCUT2D eigenvalue weighted by Crippen LogP contribution is -2.48. The highest BCUT2D eigenvalue weighted by Gasteiger charge is 2.42. The van der Waals surface area contributed by atoms with Crippen LogP contribution in [0.1, 0.15) is 24.2 Å². The van der Waals surface area contributed by atoms with Crippen LogP contribution in [-0.2, 0) is 14.8 Å². The number of alkyl halides is 2. The first kappa shape index (κ1) is 23.4. The van der Waals surface area contributed by atoms with Crippen LogP contribution in [0.5, 0.6) is 11.6 Å². The number of nitrogens with zero attached hydrogens (tertiary/aromatic N) is 2. The normalized spacial score (nSPS) is 12.0. The molecule has 164 valence electrons. The number of ether oxygens (including phenoxy) is 2. The molecule has 2 aromatic rings. The number of primary amides is 1. The minimum atomic E-state index is -5.02. The summed E-state index contributed by atoms with van der Waals surface area (Å²) in [4.78, 5) is 27.3. The van der Waals surface area contributed by atoms with Gasteiger partial charge < -0.3 is 20.3 Å². The van der Waals surface area contributed by atoms with Gasteiger partial charge in [0, 0.05) is 6.07 Å². The Bertz CT molecular complexity index is 1070. The molecule has 0 aromatic carbocycles. The molecule has 2 amide bonds. The number of hydrogen-bond donors (Lipinski definition) is 2. The number of carbonyl (C=O) groups excluding carboxylic acids is 2. The highest BCUT2D eigenvalue weighted by Crippen LogP contribution is 2.37. The Hall–Kier alpha value is -2.84. The fraction of sp³-hybridized carbons (Fsp3) is 0.312. The molecule has 0 saturated heterocycles. The summed E-state index contributed by atoms with van der Waals surface area (Å²) in [7, 11) is -3.87. The number of methoxy groups -OCH3 is 1. The van der Waals surface area contributed by atoms with Gasteiger partial charge in [0.25, 0.3) is 21.8 Å². The number of aliphatic hydroxyl groups is 1. The summed E-state index contributed by atoms with van der Waals surface area (Å²) in [5.74, 6) is -3.58. The second kappa shape index (κ2) is 8.49. The molecule has 0 spiro atoms. The van der Waals surface area contributed by atoms with Gasteiger partial charge in [0.15, 0.2) is 5.75 Å². The molecule has 0 fully saturated rings. The first-order valence-electron chi connectivity index (χ1n) is 7.99. The van der Waals surface area contributed by atoms with Gasteiger partial charge in [0.1, 0.15) is 15.5 Å². The minimum absolute atomic E-state index is 0.116. The van der Waals surface area contributed by atoms with Crippen molar-refractivity contribution in [2.75, 3.05) is 11.4 Å². The summed E-state index contributed by atoms with van der Waals surface area (Å²) in [6, 6.07) is 1.93. The summed E-state index contributed by atoms with van der Waals surface area (Å²) in [6.07, 6.45) is 0.675. The van der Waals surface area contributed by atoms with Gasteiger partial charge in [-0.15, -0.1) is 11.3 Å². The van der Waals surface area contributed by atoms with Crippen molar-refractivity contribution in [2.24, 2.45) is 5.73 Å². The monoisotopic (exact) mass is 465 g/mol. The molecule has 0 bridgehead atoms. The Morgan fingerprint density at radius 1 is 1.37 bits per heavy atom. The van der Waals surface area contributed by atoms with Crippen molar-refractivity contribution < 1.29 is 41.4 Å². The van der Waals surface area contributed by atoms with E-state index in [0.29, 0.717) is 17.5 Å². The molecule has 0 radical (unpaired) electrons. The number of pyridine rings is 1. The summed E-state index contributed by atoms with van der Waals surface area (Å²) < 4.78 is 61.6. The Morgan fingerprint density at radius 2 is 2.00 bits per heavy atom. The molecule has 0 unspecified atom stereocenters. The van der Waals surface area contributed by atoms with E-state index in [-0.39, 0.29) is 15.7 Å². The molecule has 0 saturated carbocycles. The van der Waals surface area contributed by atoms with Gasteiger partial charge in [-0.25, -0.2) is 13.4 Å². The number of nitrogens with two attached hydrogens (primary N) is 1. The second-order valence-corrected chi connectivity index (χ2v) is 8.84. The largest absolute Gasteiger partial charge is 0.481 e. The number of sulfonamides is 1. The van der Waals surface area contributed by atoms with Gasteiger partial charge in [-0.05, 0) is 25.3 Å². The molecule has 0 aliphatic heterocycles. The van der Waals surface area contributed by atoms with E-state index in [1.807, 2.05) is 0 Å². The second-order valence-electron chi connectivity index (χ2n) is 6.19. The van der Waals surface area contributed by atoms with Crippen molar-refractivity contribution in [3.63, 3.8) is 0 Å². The molecule has 3 N–H and O–H groups in total.